The van der Waals surface area contributed by atoms with Gasteiger partial charge in [-0.1, -0.05) is 32.0 Å². The lowest BCUT2D eigenvalue weighted by atomic mass is 9.84. The lowest BCUT2D eigenvalue weighted by Crippen LogP contribution is -2.33. The number of para-hydroxylation sites is 1. The minimum Gasteiger partial charge on any atom is -0.377 e. The smallest absolute Gasteiger partial charge is 0.223 e. The van der Waals surface area contributed by atoms with Crippen molar-refractivity contribution >= 4 is 11.6 Å². The number of rotatable bonds is 4. The summed E-state index contributed by atoms with van der Waals surface area (Å²) < 4.78 is 0. The fraction of sp³-hybridized carbons (Fsp3) is 0.462. The lowest BCUT2D eigenvalue weighted by molar-refractivity contribution is -0.125. The molecule has 0 aliphatic heterocycles. The molecule has 0 atom stereocenters. The molecular weight excluding hydrogens is 200 g/mol. The summed E-state index contributed by atoms with van der Waals surface area (Å²) in [5.74, 6) is -0.263. The lowest BCUT2D eigenvalue weighted by Gasteiger charge is -2.24. The van der Waals surface area contributed by atoms with Crippen LogP contribution in [0, 0.1) is 5.41 Å². The quantitative estimate of drug-likeness (QED) is 0.841. The molecule has 1 rings (SSSR count). The standard InChI is InChI=1S/C13H20N2O/c1-13(2,12(14)16)9-10-7-5-6-8-11(10)15(3)4/h5-8H,9H2,1-4H3,(H2,14,16). The van der Waals surface area contributed by atoms with Gasteiger partial charge in [0.1, 0.15) is 0 Å². The molecular formula is C13H20N2O. The topological polar surface area (TPSA) is 46.3 Å². The molecule has 1 amide bonds. The van der Waals surface area contributed by atoms with E-state index in [0.717, 1.165) is 11.3 Å². The molecule has 1 aromatic rings. The maximum absolute atomic E-state index is 11.3. The first-order chi connectivity index (χ1) is 7.34. The predicted molar refractivity (Wildman–Crippen MR) is 67.4 cm³/mol. The largest absolute Gasteiger partial charge is 0.377 e. The number of amides is 1. The van der Waals surface area contributed by atoms with Crippen molar-refractivity contribution in [3.8, 4) is 0 Å². The van der Waals surface area contributed by atoms with Crippen LogP contribution in [0.15, 0.2) is 24.3 Å². The maximum atomic E-state index is 11.3. The van der Waals surface area contributed by atoms with Crippen LogP contribution in [0.1, 0.15) is 19.4 Å². The van der Waals surface area contributed by atoms with E-state index in [9.17, 15) is 4.79 Å². The Kier molecular flexibility index (Phi) is 3.58. The summed E-state index contributed by atoms with van der Waals surface area (Å²) in [6.07, 6.45) is 0.663. The van der Waals surface area contributed by atoms with Crippen LogP contribution in [0.2, 0.25) is 0 Å². The van der Waals surface area contributed by atoms with Crippen LogP contribution >= 0.6 is 0 Å². The number of hydrogen-bond acceptors (Lipinski definition) is 2. The highest BCUT2D eigenvalue weighted by atomic mass is 16.1. The molecule has 0 heterocycles. The highest BCUT2D eigenvalue weighted by Gasteiger charge is 2.26. The Morgan fingerprint density at radius 3 is 2.38 bits per heavy atom. The van der Waals surface area contributed by atoms with Gasteiger partial charge in [-0.15, -0.1) is 0 Å². The van der Waals surface area contributed by atoms with Crippen molar-refractivity contribution in [1.82, 2.24) is 0 Å². The number of benzene rings is 1. The summed E-state index contributed by atoms with van der Waals surface area (Å²) >= 11 is 0. The van der Waals surface area contributed by atoms with E-state index in [2.05, 4.69) is 0 Å². The van der Waals surface area contributed by atoms with Crippen molar-refractivity contribution in [3.05, 3.63) is 29.8 Å². The Morgan fingerprint density at radius 2 is 1.88 bits per heavy atom. The zero-order chi connectivity index (χ0) is 12.3. The van der Waals surface area contributed by atoms with Crippen LogP contribution in [0.4, 0.5) is 5.69 Å². The third-order valence-corrected chi connectivity index (χ3v) is 2.77. The van der Waals surface area contributed by atoms with Crippen molar-refractivity contribution in [2.45, 2.75) is 20.3 Å². The number of nitrogens with zero attached hydrogens (tertiary/aromatic N) is 1. The molecule has 0 aliphatic rings. The monoisotopic (exact) mass is 220 g/mol. The van der Waals surface area contributed by atoms with Gasteiger partial charge in [0.05, 0.1) is 0 Å². The molecule has 3 heteroatoms. The molecule has 0 saturated heterocycles. The molecule has 0 saturated carbocycles. The molecule has 0 radical (unpaired) electrons. The van der Waals surface area contributed by atoms with Gasteiger partial charge in [0.2, 0.25) is 5.91 Å². The Hall–Kier alpha value is -1.51. The second kappa shape index (κ2) is 4.56. The van der Waals surface area contributed by atoms with Gasteiger partial charge >= 0.3 is 0 Å². The first kappa shape index (κ1) is 12.6. The van der Waals surface area contributed by atoms with Crippen molar-refractivity contribution in [2.24, 2.45) is 11.1 Å². The molecule has 88 valence electrons. The summed E-state index contributed by atoms with van der Waals surface area (Å²) in [6.45, 7) is 3.75. The number of carbonyl (C=O) groups is 1. The van der Waals surface area contributed by atoms with E-state index in [-0.39, 0.29) is 5.91 Å². The number of hydrogen-bond donors (Lipinski definition) is 1. The summed E-state index contributed by atoms with van der Waals surface area (Å²) in [6, 6.07) is 8.07. The minimum absolute atomic E-state index is 0.263. The van der Waals surface area contributed by atoms with Crippen LogP contribution in [0.3, 0.4) is 0 Å². The first-order valence-corrected chi connectivity index (χ1v) is 5.40. The van der Waals surface area contributed by atoms with Gasteiger partial charge in [0.15, 0.2) is 0 Å². The van der Waals surface area contributed by atoms with Crippen LogP contribution in [-0.4, -0.2) is 20.0 Å². The zero-order valence-electron chi connectivity index (χ0n) is 10.4. The van der Waals surface area contributed by atoms with E-state index in [0.29, 0.717) is 6.42 Å². The molecule has 2 N–H and O–H groups in total. The van der Waals surface area contributed by atoms with Gasteiger partial charge in [-0.05, 0) is 18.1 Å². The van der Waals surface area contributed by atoms with E-state index in [1.807, 2.05) is 57.1 Å². The highest BCUT2D eigenvalue weighted by molar-refractivity contribution is 5.80. The summed E-state index contributed by atoms with van der Waals surface area (Å²) in [5, 5.41) is 0. The van der Waals surface area contributed by atoms with Crippen LogP contribution in [-0.2, 0) is 11.2 Å². The predicted octanol–water partition coefficient (Wildman–Crippen LogP) is 1.81. The van der Waals surface area contributed by atoms with E-state index < -0.39 is 5.41 Å². The van der Waals surface area contributed by atoms with E-state index in [1.165, 1.54) is 0 Å². The fourth-order valence-electron chi connectivity index (χ4n) is 1.66. The number of carbonyl (C=O) groups excluding carboxylic acids is 1. The van der Waals surface area contributed by atoms with Crippen molar-refractivity contribution in [2.75, 3.05) is 19.0 Å². The summed E-state index contributed by atoms with van der Waals surface area (Å²) in [4.78, 5) is 13.4. The molecule has 0 spiro atoms. The van der Waals surface area contributed by atoms with Crippen LogP contribution in [0.5, 0.6) is 0 Å². The fourth-order valence-corrected chi connectivity index (χ4v) is 1.66. The SMILES string of the molecule is CN(C)c1ccccc1CC(C)(C)C(N)=O. The normalized spacial score (nSPS) is 11.2. The highest BCUT2D eigenvalue weighted by Crippen LogP contribution is 2.27. The first-order valence-electron chi connectivity index (χ1n) is 5.40. The zero-order valence-corrected chi connectivity index (χ0v) is 10.4. The Bertz CT molecular complexity index is 383. The maximum Gasteiger partial charge on any atom is 0.223 e. The van der Waals surface area contributed by atoms with Gasteiger partial charge in [-0.3, -0.25) is 4.79 Å². The van der Waals surface area contributed by atoms with Crippen molar-refractivity contribution < 1.29 is 4.79 Å². The Balaban J connectivity index is 3.01. The third-order valence-electron chi connectivity index (χ3n) is 2.77. The number of nitrogens with two attached hydrogens (primary N) is 1. The Labute approximate surface area is 97.2 Å². The van der Waals surface area contributed by atoms with Crippen molar-refractivity contribution in [3.63, 3.8) is 0 Å². The van der Waals surface area contributed by atoms with E-state index >= 15 is 0 Å². The average Bonchev–Trinajstić information content (AvgIpc) is 2.17. The summed E-state index contributed by atoms with van der Waals surface area (Å²) in [7, 11) is 3.99. The van der Waals surface area contributed by atoms with Gasteiger partial charge in [0.25, 0.3) is 0 Å². The number of primary amides is 1. The van der Waals surface area contributed by atoms with Crippen molar-refractivity contribution in [1.29, 1.82) is 0 Å². The van der Waals surface area contributed by atoms with E-state index in [4.69, 9.17) is 5.73 Å². The molecule has 1 aromatic carbocycles. The van der Waals surface area contributed by atoms with Crippen LogP contribution < -0.4 is 10.6 Å². The molecule has 0 fully saturated rings. The molecule has 3 nitrogen and oxygen atoms in total. The van der Waals surface area contributed by atoms with Gasteiger partial charge in [-0.25, -0.2) is 0 Å². The molecule has 0 bridgehead atoms. The molecule has 0 aliphatic carbocycles. The summed E-state index contributed by atoms with van der Waals surface area (Å²) in [5.41, 5.74) is 7.17. The minimum atomic E-state index is -0.508. The average molecular weight is 220 g/mol. The second-order valence-electron chi connectivity index (χ2n) is 4.95. The second-order valence-corrected chi connectivity index (χ2v) is 4.95. The third kappa shape index (κ3) is 2.75. The molecule has 16 heavy (non-hydrogen) atoms. The molecule has 0 unspecified atom stereocenters. The van der Waals surface area contributed by atoms with E-state index in [1.54, 1.807) is 0 Å². The molecule has 0 aromatic heterocycles. The van der Waals surface area contributed by atoms with Gasteiger partial charge < -0.3 is 10.6 Å². The van der Waals surface area contributed by atoms with Crippen LogP contribution in [0.25, 0.3) is 0 Å². The Morgan fingerprint density at radius 1 is 1.31 bits per heavy atom. The van der Waals surface area contributed by atoms with Gasteiger partial charge in [0, 0.05) is 25.2 Å². The van der Waals surface area contributed by atoms with Gasteiger partial charge in [-0.2, -0.15) is 0 Å². The number of anilines is 1.